The molecule has 1 aromatic heterocycles. The zero-order valence-electron chi connectivity index (χ0n) is 12.3. The van der Waals surface area contributed by atoms with E-state index in [4.69, 9.17) is 5.11 Å². The molecule has 0 aliphatic carbocycles. The number of nitrogens with zero attached hydrogens (tertiary/aromatic N) is 3. The van der Waals surface area contributed by atoms with Gasteiger partial charge in [-0.1, -0.05) is 0 Å². The molecule has 5 nitrogen and oxygen atoms in total. The van der Waals surface area contributed by atoms with Crippen molar-refractivity contribution in [2.45, 2.75) is 26.8 Å². The summed E-state index contributed by atoms with van der Waals surface area (Å²) in [6, 6.07) is 2.00. The predicted molar refractivity (Wildman–Crippen MR) is 77.0 cm³/mol. The maximum absolute atomic E-state index is 10.9. The van der Waals surface area contributed by atoms with Crippen molar-refractivity contribution in [1.82, 2.24) is 9.88 Å². The Labute approximate surface area is 114 Å². The lowest BCUT2D eigenvalue weighted by Gasteiger charge is -2.32. The molecule has 0 aliphatic heterocycles. The highest BCUT2D eigenvalue weighted by atomic mass is 16.4. The van der Waals surface area contributed by atoms with E-state index in [1.54, 1.807) is 6.07 Å². The number of aromatic carboxylic acids is 1. The van der Waals surface area contributed by atoms with E-state index in [0.29, 0.717) is 6.04 Å². The molecule has 0 amide bonds. The number of aromatic nitrogens is 1. The summed E-state index contributed by atoms with van der Waals surface area (Å²) in [5.41, 5.74) is 1.13. The molecule has 106 valence electrons. The van der Waals surface area contributed by atoms with Crippen molar-refractivity contribution in [2.24, 2.45) is 0 Å². The summed E-state index contributed by atoms with van der Waals surface area (Å²) < 4.78 is 0. The lowest BCUT2D eigenvalue weighted by molar-refractivity contribution is 0.0696. The zero-order chi connectivity index (χ0) is 14.6. The molecule has 0 radical (unpaired) electrons. The van der Waals surface area contributed by atoms with E-state index >= 15 is 0 Å². The zero-order valence-corrected chi connectivity index (χ0v) is 12.3. The number of carboxylic acid groups (broad SMARTS) is 1. The number of aryl methyl sites for hydroxylation is 1. The first-order valence-corrected chi connectivity index (χ1v) is 6.48. The van der Waals surface area contributed by atoms with Gasteiger partial charge in [-0.15, -0.1) is 0 Å². The van der Waals surface area contributed by atoms with Gasteiger partial charge in [-0.25, -0.2) is 9.78 Å². The summed E-state index contributed by atoms with van der Waals surface area (Å²) >= 11 is 0. The average molecular weight is 265 g/mol. The molecule has 1 heterocycles. The Morgan fingerprint density at radius 2 is 2.11 bits per heavy atom. The third kappa shape index (κ3) is 3.92. The molecule has 1 aromatic rings. The molecular weight excluding hydrogens is 242 g/mol. The van der Waals surface area contributed by atoms with Crippen molar-refractivity contribution in [1.29, 1.82) is 0 Å². The van der Waals surface area contributed by atoms with Crippen LogP contribution in [-0.2, 0) is 0 Å². The molecule has 0 spiro atoms. The normalized spacial score (nSPS) is 12.5. The van der Waals surface area contributed by atoms with E-state index in [1.165, 1.54) is 6.20 Å². The van der Waals surface area contributed by atoms with Crippen molar-refractivity contribution >= 4 is 11.8 Å². The standard InChI is InChI=1S/C14H23N3O2/c1-6-17(11(3)9-16(4)5)13-10(2)7-12(8-15-13)14(18)19/h7-8,11H,6,9H2,1-5H3,(H,18,19). The van der Waals surface area contributed by atoms with Gasteiger partial charge in [0, 0.05) is 25.3 Å². The number of carbonyl (C=O) groups is 1. The molecule has 1 rings (SSSR count). The molecule has 1 N–H and O–H groups in total. The topological polar surface area (TPSA) is 56.7 Å². The summed E-state index contributed by atoms with van der Waals surface area (Å²) in [6.07, 6.45) is 1.43. The maximum Gasteiger partial charge on any atom is 0.337 e. The van der Waals surface area contributed by atoms with Crippen LogP contribution in [0.25, 0.3) is 0 Å². The highest BCUT2D eigenvalue weighted by molar-refractivity contribution is 5.87. The van der Waals surface area contributed by atoms with E-state index in [1.807, 2.05) is 21.0 Å². The van der Waals surface area contributed by atoms with E-state index in [0.717, 1.165) is 24.5 Å². The highest BCUT2D eigenvalue weighted by Crippen LogP contribution is 2.20. The van der Waals surface area contributed by atoms with Crippen LogP contribution in [0, 0.1) is 6.92 Å². The number of likely N-dealkylation sites (N-methyl/N-ethyl adjacent to an activating group) is 2. The summed E-state index contributed by atoms with van der Waals surface area (Å²) in [4.78, 5) is 19.6. The van der Waals surface area contributed by atoms with Crippen LogP contribution < -0.4 is 4.90 Å². The van der Waals surface area contributed by atoms with Gasteiger partial charge in [0.05, 0.1) is 5.56 Å². The van der Waals surface area contributed by atoms with Gasteiger partial charge in [-0.3, -0.25) is 0 Å². The third-order valence-electron chi connectivity index (χ3n) is 3.07. The molecule has 0 bridgehead atoms. The first kappa shape index (κ1) is 15.4. The van der Waals surface area contributed by atoms with Crippen LogP contribution in [0.5, 0.6) is 0 Å². The van der Waals surface area contributed by atoms with Gasteiger partial charge in [-0.2, -0.15) is 0 Å². The molecule has 1 atom stereocenters. The van der Waals surface area contributed by atoms with Crippen molar-refractivity contribution in [2.75, 3.05) is 32.1 Å². The smallest absolute Gasteiger partial charge is 0.337 e. The molecule has 1 unspecified atom stereocenters. The lowest BCUT2D eigenvalue weighted by atomic mass is 10.1. The minimum Gasteiger partial charge on any atom is -0.478 e. The Morgan fingerprint density at radius 1 is 1.47 bits per heavy atom. The lowest BCUT2D eigenvalue weighted by Crippen LogP contribution is -2.41. The van der Waals surface area contributed by atoms with E-state index in [2.05, 4.69) is 28.6 Å². The Kier molecular flexibility index (Phi) is 5.30. The summed E-state index contributed by atoms with van der Waals surface area (Å²) in [6.45, 7) is 7.90. The van der Waals surface area contributed by atoms with Gasteiger partial charge < -0.3 is 14.9 Å². The van der Waals surface area contributed by atoms with Crippen molar-refractivity contribution in [3.8, 4) is 0 Å². The van der Waals surface area contributed by atoms with Gasteiger partial charge in [-0.05, 0) is 46.5 Å². The molecule has 19 heavy (non-hydrogen) atoms. The second-order valence-corrected chi connectivity index (χ2v) is 5.07. The number of hydrogen-bond acceptors (Lipinski definition) is 4. The Balaban J connectivity index is 3.02. The second kappa shape index (κ2) is 6.52. The molecule has 0 saturated carbocycles. The van der Waals surface area contributed by atoms with Crippen LogP contribution in [0.1, 0.15) is 29.8 Å². The fourth-order valence-electron chi connectivity index (χ4n) is 2.28. The van der Waals surface area contributed by atoms with Crippen molar-refractivity contribution < 1.29 is 9.90 Å². The molecule has 0 aliphatic rings. The molecule has 0 fully saturated rings. The summed E-state index contributed by atoms with van der Waals surface area (Å²) in [7, 11) is 4.08. The van der Waals surface area contributed by atoms with Crippen LogP contribution in [-0.4, -0.2) is 54.2 Å². The molecule has 0 saturated heterocycles. The summed E-state index contributed by atoms with van der Waals surface area (Å²) in [5.74, 6) is -0.0756. The fraction of sp³-hybridized carbons (Fsp3) is 0.571. The highest BCUT2D eigenvalue weighted by Gasteiger charge is 2.17. The van der Waals surface area contributed by atoms with Gasteiger partial charge in [0.2, 0.25) is 0 Å². The Morgan fingerprint density at radius 3 is 2.53 bits per heavy atom. The molecule has 0 aromatic carbocycles. The number of rotatable bonds is 6. The number of pyridine rings is 1. The van der Waals surface area contributed by atoms with E-state index < -0.39 is 5.97 Å². The first-order chi connectivity index (χ1) is 8.86. The largest absolute Gasteiger partial charge is 0.478 e. The Bertz CT molecular complexity index is 446. The Hall–Kier alpha value is -1.62. The number of hydrogen-bond donors (Lipinski definition) is 1. The van der Waals surface area contributed by atoms with Crippen LogP contribution in [0.3, 0.4) is 0 Å². The second-order valence-electron chi connectivity index (χ2n) is 5.07. The van der Waals surface area contributed by atoms with Crippen LogP contribution in [0.2, 0.25) is 0 Å². The van der Waals surface area contributed by atoms with E-state index in [9.17, 15) is 4.79 Å². The van der Waals surface area contributed by atoms with Crippen molar-refractivity contribution in [3.63, 3.8) is 0 Å². The SMILES string of the molecule is CCN(c1ncc(C(=O)O)cc1C)C(C)CN(C)C. The van der Waals surface area contributed by atoms with Gasteiger partial charge >= 0.3 is 5.97 Å². The monoisotopic (exact) mass is 265 g/mol. The predicted octanol–water partition coefficient (Wildman–Crippen LogP) is 1.86. The number of anilines is 1. The van der Waals surface area contributed by atoms with E-state index in [-0.39, 0.29) is 5.56 Å². The van der Waals surface area contributed by atoms with Crippen LogP contribution >= 0.6 is 0 Å². The fourth-order valence-corrected chi connectivity index (χ4v) is 2.28. The molecular formula is C14H23N3O2. The number of carboxylic acids is 1. The van der Waals surface area contributed by atoms with Gasteiger partial charge in [0.1, 0.15) is 5.82 Å². The minimum atomic E-state index is -0.938. The first-order valence-electron chi connectivity index (χ1n) is 6.48. The molecule has 5 heteroatoms. The van der Waals surface area contributed by atoms with Gasteiger partial charge in [0.25, 0.3) is 0 Å². The third-order valence-corrected chi connectivity index (χ3v) is 3.07. The minimum absolute atomic E-state index is 0.234. The average Bonchev–Trinajstić information content (AvgIpc) is 2.30. The quantitative estimate of drug-likeness (QED) is 0.851. The van der Waals surface area contributed by atoms with Crippen LogP contribution in [0.15, 0.2) is 12.3 Å². The van der Waals surface area contributed by atoms with Crippen molar-refractivity contribution in [3.05, 3.63) is 23.4 Å². The maximum atomic E-state index is 10.9. The van der Waals surface area contributed by atoms with Crippen LogP contribution in [0.4, 0.5) is 5.82 Å². The summed E-state index contributed by atoms with van der Waals surface area (Å²) in [5, 5.41) is 8.96. The van der Waals surface area contributed by atoms with Gasteiger partial charge in [0.15, 0.2) is 0 Å².